The Hall–Kier alpha value is -2.71. The molecule has 0 bridgehead atoms. The minimum atomic E-state index is -0.253. The molecule has 0 aliphatic carbocycles. The van der Waals surface area contributed by atoms with Crippen LogP contribution >= 0.6 is 23.4 Å². The number of hydrogen-bond acceptors (Lipinski definition) is 6. The maximum absolute atomic E-state index is 12.2. The monoisotopic (exact) mass is 404 g/mol. The minimum absolute atomic E-state index is 0.200. The van der Waals surface area contributed by atoms with Crippen molar-refractivity contribution in [3.63, 3.8) is 0 Å². The van der Waals surface area contributed by atoms with Crippen LogP contribution in [0.4, 0.5) is 0 Å². The lowest BCUT2D eigenvalue weighted by molar-refractivity contribution is 0.0949. The fourth-order valence-corrected chi connectivity index (χ4v) is 3.18. The summed E-state index contributed by atoms with van der Waals surface area (Å²) in [6.07, 6.45) is 2.83. The molecule has 2 heterocycles. The maximum atomic E-state index is 12.2. The van der Waals surface area contributed by atoms with Crippen LogP contribution < -0.4 is 10.1 Å². The summed E-state index contributed by atoms with van der Waals surface area (Å²) in [7, 11) is 1.61. The molecule has 2 aromatic heterocycles. The molecule has 0 fully saturated rings. The normalized spacial score (nSPS) is 10.6. The number of amides is 1. The lowest BCUT2D eigenvalue weighted by atomic mass is 10.3. The summed E-state index contributed by atoms with van der Waals surface area (Å²) in [5, 5.41) is 12.4. The Morgan fingerprint density at radius 3 is 2.74 bits per heavy atom. The van der Waals surface area contributed by atoms with Crippen LogP contribution in [0.2, 0.25) is 0 Å². The number of hydrogen-bond donors (Lipinski definition) is 1. The number of nitrogens with zero attached hydrogens (tertiary/aromatic N) is 3. The van der Waals surface area contributed by atoms with Gasteiger partial charge in [0.2, 0.25) is 0 Å². The Kier molecular flexibility index (Phi) is 6.20. The first-order chi connectivity index (χ1) is 13.1. The molecule has 1 amide bonds. The smallest absolute Gasteiger partial charge is 0.254 e. The van der Waals surface area contributed by atoms with Crippen molar-refractivity contribution in [2.75, 3.05) is 12.9 Å². The Balaban J connectivity index is 1.85. The second kappa shape index (κ2) is 8.79. The zero-order valence-electron chi connectivity index (χ0n) is 14.5. The molecule has 0 aliphatic rings. The molecule has 0 saturated heterocycles. The van der Waals surface area contributed by atoms with E-state index in [4.69, 9.17) is 20.8 Å². The summed E-state index contributed by atoms with van der Waals surface area (Å²) < 4.78 is 12.0. The van der Waals surface area contributed by atoms with E-state index < -0.39 is 0 Å². The zero-order chi connectivity index (χ0) is 19.2. The summed E-state index contributed by atoms with van der Waals surface area (Å²) in [5.74, 6) is 1.57. The van der Waals surface area contributed by atoms with Crippen molar-refractivity contribution in [2.24, 2.45) is 0 Å². The van der Waals surface area contributed by atoms with Crippen molar-refractivity contribution >= 4 is 29.3 Å². The van der Waals surface area contributed by atoms with Gasteiger partial charge in [-0.25, -0.2) is 0 Å². The van der Waals surface area contributed by atoms with E-state index in [1.807, 2.05) is 28.8 Å². The molecule has 3 rings (SSSR count). The highest BCUT2D eigenvalue weighted by Crippen LogP contribution is 2.25. The summed E-state index contributed by atoms with van der Waals surface area (Å²) in [5.41, 5.74) is 1.29. The summed E-state index contributed by atoms with van der Waals surface area (Å²) in [6.45, 7) is 3.89. The predicted octanol–water partition coefficient (Wildman–Crippen LogP) is 3.64. The molecule has 0 radical (unpaired) electrons. The van der Waals surface area contributed by atoms with Gasteiger partial charge < -0.3 is 14.5 Å². The molecule has 3 aromatic rings. The Morgan fingerprint density at radius 1 is 1.33 bits per heavy atom. The van der Waals surface area contributed by atoms with Crippen LogP contribution in [0, 0.1) is 0 Å². The summed E-state index contributed by atoms with van der Waals surface area (Å²) in [4.78, 5) is 12.2. The van der Waals surface area contributed by atoms with Gasteiger partial charge in [-0.2, -0.15) is 0 Å². The van der Waals surface area contributed by atoms with Gasteiger partial charge in [-0.15, -0.1) is 10.2 Å². The van der Waals surface area contributed by atoms with Gasteiger partial charge in [0.15, 0.2) is 11.0 Å². The highest BCUT2D eigenvalue weighted by molar-refractivity contribution is 7.99. The van der Waals surface area contributed by atoms with Crippen LogP contribution in [-0.4, -0.2) is 33.5 Å². The molecule has 1 N–H and O–H groups in total. The van der Waals surface area contributed by atoms with Crippen molar-refractivity contribution in [3.05, 3.63) is 65.9 Å². The van der Waals surface area contributed by atoms with Crippen LogP contribution in [0.25, 0.3) is 5.69 Å². The maximum Gasteiger partial charge on any atom is 0.254 e. The number of benzene rings is 1. The van der Waals surface area contributed by atoms with Crippen molar-refractivity contribution in [2.45, 2.75) is 11.7 Å². The third-order valence-electron chi connectivity index (χ3n) is 3.58. The fourth-order valence-electron chi connectivity index (χ4n) is 2.30. The van der Waals surface area contributed by atoms with Gasteiger partial charge in [-0.05, 0) is 30.3 Å². The van der Waals surface area contributed by atoms with E-state index in [1.54, 1.807) is 13.2 Å². The van der Waals surface area contributed by atoms with E-state index in [0.29, 0.717) is 27.3 Å². The minimum Gasteiger partial charge on any atom is -0.497 e. The first-order valence-corrected chi connectivity index (χ1v) is 9.30. The van der Waals surface area contributed by atoms with Crippen molar-refractivity contribution < 1.29 is 13.9 Å². The van der Waals surface area contributed by atoms with E-state index in [0.717, 1.165) is 11.4 Å². The summed E-state index contributed by atoms with van der Waals surface area (Å²) >= 11 is 7.29. The third kappa shape index (κ3) is 4.72. The molecule has 1 aromatic carbocycles. The number of aromatic nitrogens is 3. The number of furan rings is 1. The molecule has 0 aliphatic heterocycles. The van der Waals surface area contributed by atoms with Gasteiger partial charge in [-0.3, -0.25) is 9.36 Å². The number of thioether (sulfide) groups is 1. The Morgan fingerprint density at radius 2 is 2.11 bits per heavy atom. The number of carbonyl (C=O) groups excluding carboxylic acids is 1. The molecule has 0 spiro atoms. The van der Waals surface area contributed by atoms with Crippen molar-refractivity contribution in [1.82, 2.24) is 20.1 Å². The van der Waals surface area contributed by atoms with Crippen LogP contribution in [0.5, 0.6) is 5.75 Å². The molecular formula is C18H17ClN4O3S. The number of rotatable bonds is 8. The van der Waals surface area contributed by atoms with Crippen LogP contribution in [0.1, 0.15) is 16.2 Å². The average Bonchev–Trinajstić information content (AvgIpc) is 3.34. The average molecular weight is 405 g/mol. The topological polar surface area (TPSA) is 82.2 Å². The highest BCUT2D eigenvalue weighted by Gasteiger charge is 2.16. The SMILES string of the molecule is C=C(Cl)CSc1nnc(CNC(=O)c2ccoc2)n1-c1ccc(OC)cc1. The van der Waals surface area contributed by atoms with Gasteiger partial charge in [0, 0.05) is 16.5 Å². The van der Waals surface area contributed by atoms with E-state index in [1.165, 1.54) is 24.3 Å². The first kappa shape index (κ1) is 19.1. The molecule has 7 nitrogen and oxygen atoms in total. The quantitative estimate of drug-likeness (QED) is 0.577. The summed E-state index contributed by atoms with van der Waals surface area (Å²) in [6, 6.07) is 9.07. The van der Waals surface area contributed by atoms with Gasteiger partial charge >= 0.3 is 0 Å². The zero-order valence-corrected chi connectivity index (χ0v) is 16.1. The Labute approximate surface area is 165 Å². The number of carbonyl (C=O) groups is 1. The van der Waals surface area contributed by atoms with Crippen LogP contribution in [-0.2, 0) is 6.54 Å². The van der Waals surface area contributed by atoms with Crippen LogP contribution in [0.3, 0.4) is 0 Å². The van der Waals surface area contributed by atoms with Gasteiger partial charge in [0.05, 0.1) is 25.5 Å². The van der Waals surface area contributed by atoms with Gasteiger partial charge in [0.1, 0.15) is 12.0 Å². The van der Waals surface area contributed by atoms with Crippen molar-refractivity contribution in [3.8, 4) is 11.4 Å². The largest absolute Gasteiger partial charge is 0.497 e. The fraction of sp³-hybridized carbons (Fsp3) is 0.167. The first-order valence-electron chi connectivity index (χ1n) is 7.93. The number of nitrogens with one attached hydrogen (secondary N) is 1. The molecular weight excluding hydrogens is 388 g/mol. The van der Waals surface area contributed by atoms with E-state index >= 15 is 0 Å². The molecule has 0 unspecified atom stereocenters. The highest BCUT2D eigenvalue weighted by atomic mass is 35.5. The second-order valence-corrected chi connectivity index (χ2v) is 6.91. The standard InChI is InChI=1S/C18H17ClN4O3S/c1-12(19)11-27-18-22-21-16(9-20-17(24)13-7-8-26-10-13)23(18)14-3-5-15(25-2)6-4-14/h3-8,10H,1,9,11H2,2H3,(H,20,24). The van der Waals surface area contributed by atoms with Crippen LogP contribution in [0.15, 0.2) is 64.0 Å². The lowest BCUT2D eigenvalue weighted by Gasteiger charge is -2.11. The van der Waals surface area contributed by atoms with E-state index in [9.17, 15) is 4.79 Å². The van der Waals surface area contributed by atoms with Crippen molar-refractivity contribution in [1.29, 1.82) is 0 Å². The van der Waals surface area contributed by atoms with Gasteiger partial charge in [0.25, 0.3) is 5.91 Å². The number of methoxy groups -OCH3 is 1. The molecule has 27 heavy (non-hydrogen) atoms. The Bertz CT molecular complexity index is 923. The van der Waals surface area contributed by atoms with E-state index in [-0.39, 0.29) is 12.5 Å². The molecule has 0 saturated carbocycles. The molecule has 0 atom stereocenters. The van der Waals surface area contributed by atoms with Gasteiger partial charge in [-0.1, -0.05) is 29.9 Å². The number of ether oxygens (including phenoxy) is 1. The second-order valence-electron chi connectivity index (χ2n) is 5.43. The molecule has 140 valence electrons. The lowest BCUT2D eigenvalue weighted by Crippen LogP contribution is -2.24. The number of halogens is 1. The molecule has 9 heteroatoms. The van der Waals surface area contributed by atoms with E-state index in [2.05, 4.69) is 22.1 Å². The third-order valence-corrected chi connectivity index (χ3v) is 4.89. The predicted molar refractivity (Wildman–Crippen MR) is 104 cm³/mol.